The number of aromatic nitrogens is 4. The van der Waals surface area contributed by atoms with Crippen LogP contribution in [0.1, 0.15) is 19.2 Å². The minimum Gasteiger partial charge on any atom is -0.496 e. The van der Waals surface area contributed by atoms with Gasteiger partial charge in [0.05, 0.1) is 47.6 Å². The lowest BCUT2D eigenvalue weighted by atomic mass is 10.2. The van der Waals surface area contributed by atoms with Crippen molar-refractivity contribution >= 4 is 32.8 Å². The Labute approximate surface area is 231 Å². The molecule has 3 heterocycles. The van der Waals surface area contributed by atoms with Crippen LogP contribution < -0.4 is 4.74 Å². The van der Waals surface area contributed by atoms with Gasteiger partial charge in [0.1, 0.15) is 5.75 Å². The summed E-state index contributed by atoms with van der Waals surface area (Å²) < 4.78 is 51.7. The fourth-order valence-electron chi connectivity index (χ4n) is 4.35. The summed E-state index contributed by atoms with van der Waals surface area (Å²) in [7, 11) is -2.03. The Morgan fingerprint density at radius 1 is 1.10 bits per heavy atom. The summed E-state index contributed by atoms with van der Waals surface area (Å²) in [5.41, 5.74) is 2.20. The van der Waals surface area contributed by atoms with Crippen LogP contribution in [-0.2, 0) is 31.8 Å². The molecule has 0 atom stereocenters. The van der Waals surface area contributed by atoms with Gasteiger partial charge in [0.2, 0.25) is 10.0 Å². The number of aryl methyl sites for hydroxylation is 1. The summed E-state index contributed by atoms with van der Waals surface area (Å²) in [6, 6.07) is 12.6. The average molecular weight is 574 g/mol. The largest absolute Gasteiger partial charge is 0.496 e. The molecule has 2 aromatic carbocycles. The van der Waals surface area contributed by atoms with Crippen LogP contribution in [0.15, 0.2) is 57.0 Å². The second-order valence-electron chi connectivity index (χ2n) is 8.77. The van der Waals surface area contributed by atoms with E-state index in [1.54, 1.807) is 19.2 Å². The molecule has 0 aliphatic carbocycles. The van der Waals surface area contributed by atoms with Crippen molar-refractivity contribution in [3.63, 3.8) is 0 Å². The summed E-state index contributed by atoms with van der Waals surface area (Å²) in [5.74, 6) is 1.97. The van der Waals surface area contributed by atoms with Gasteiger partial charge < -0.3 is 23.3 Å². The number of imidazole rings is 1. The molecule has 1 aliphatic rings. The van der Waals surface area contributed by atoms with E-state index >= 15 is 0 Å². The third-order valence-electron chi connectivity index (χ3n) is 6.30. The van der Waals surface area contributed by atoms with E-state index in [2.05, 4.69) is 14.7 Å². The SMILES string of the molecule is CCOCCCn1c(SCc2noc(-c3ccccc3OC)n2)nc2cc(S(=O)(=O)N3CCOCC3)ccc21. The molecule has 0 N–H and O–H groups in total. The number of fused-ring (bicyclic) bond motifs is 1. The average Bonchev–Trinajstić information content (AvgIpc) is 3.58. The number of benzene rings is 2. The quantitative estimate of drug-likeness (QED) is 0.183. The minimum absolute atomic E-state index is 0.229. The van der Waals surface area contributed by atoms with Gasteiger partial charge in [-0.3, -0.25) is 0 Å². The molecule has 1 aliphatic heterocycles. The first-order valence-corrected chi connectivity index (χ1v) is 15.2. The van der Waals surface area contributed by atoms with Crippen molar-refractivity contribution in [2.24, 2.45) is 0 Å². The highest BCUT2D eigenvalue weighted by molar-refractivity contribution is 7.98. The van der Waals surface area contributed by atoms with Gasteiger partial charge in [-0.2, -0.15) is 9.29 Å². The summed E-state index contributed by atoms with van der Waals surface area (Å²) in [4.78, 5) is 9.58. The Bertz CT molecular complexity index is 1510. The van der Waals surface area contributed by atoms with Gasteiger partial charge in [-0.05, 0) is 43.7 Å². The number of ether oxygens (including phenoxy) is 3. The second kappa shape index (κ2) is 12.5. The number of sulfonamides is 1. The summed E-state index contributed by atoms with van der Waals surface area (Å²) in [6.45, 7) is 5.39. The molecule has 0 saturated carbocycles. The number of hydrogen-bond acceptors (Lipinski definition) is 10. The zero-order chi connectivity index (χ0) is 27.2. The predicted octanol–water partition coefficient (Wildman–Crippen LogP) is 3.83. The lowest BCUT2D eigenvalue weighted by Crippen LogP contribution is -2.40. The highest BCUT2D eigenvalue weighted by atomic mass is 32.2. The number of nitrogens with zero attached hydrogens (tertiary/aromatic N) is 5. The number of morpholine rings is 1. The van der Waals surface area contributed by atoms with Gasteiger partial charge >= 0.3 is 0 Å². The molecule has 1 fully saturated rings. The summed E-state index contributed by atoms with van der Waals surface area (Å²) >= 11 is 1.47. The Morgan fingerprint density at radius 3 is 2.72 bits per heavy atom. The zero-order valence-electron chi connectivity index (χ0n) is 21.9. The van der Waals surface area contributed by atoms with E-state index in [0.717, 1.165) is 22.7 Å². The van der Waals surface area contributed by atoms with Crippen LogP contribution in [0.3, 0.4) is 0 Å². The topological polar surface area (TPSA) is 122 Å². The Balaban J connectivity index is 1.40. The lowest BCUT2D eigenvalue weighted by Gasteiger charge is -2.26. The maximum Gasteiger partial charge on any atom is 0.261 e. The third kappa shape index (κ3) is 6.12. The molecule has 0 unspecified atom stereocenters. The third-order valence-corrected chi connectivity index (χ3v) is 9.17. The fourth-order valence-corrected chi connectivity index (χ4v) is 6.66. The maximum absolute atomic E-state index is 13.2. The van der Waals surface area contributed by atoms with Crippen molar-refractivity contribution in [2.45, 2.75) is 35.7 Å². The van der Waals surface area contributed by atoms with Gasteiger partial charge in [0.15, 0.2) is 11.0 Å². The number of methoxy groups -OCH3 is 1. The van der Waals surface area contributed by atoms with Crippen molar-refractivity contribution in [3.8, 4) is 17.2 Å². The van der Waals surface area contributed by atoms with Crippen LogP contribution in [-0.4, -0.2) is 79.0 Å². The van der Waals surface area contributed by atoms with Gasteiger partial charge in [0.25, 0.3) is 5.89 Å². The van der Waals surface area contributed by atoms with Crippen molar-refractivity contribution in [2.75, 3.05) is 46.6 Å². The molecule has 0 radical (unpaired) electrons. The Morgan fingerprint density at radius 2 is 1.92 bits per heavy atom. The van der Waals surface area contributed by atoms with E-state index in [1.807, 2.05) is 37.3 Å². The van der Waals surface area contributed by atoms with E-state index in [1.165, 1.54) is 16.1 Å². The highest BCUT2D eigenvalue weighted by Gasteiger charge is 2.27. The molecule has 5 rings (SSSR count). The predicted molar refractivity (Wildman–Crippen MR) is 146 cm³/mol. The molecule has 0 bridgehead atoms. The molecule has 39 heavy (non-hydrogen) atoms. The van der Waals surface area contributed by atoms with Crippen molar-refractivity contribution in [3.05, 3.63) is 48.3 Å². The minimum atomic E-state index is -3.63. The standard InChI is InChI=1S/C26H31N5O6S2/c1-3-35-14-6-11-31-22-10-9-19(39(32,33)30-12-15-36-16-13-30)17-21(22)27-26(31)38-18-24-28-25(37-29-24)20-7-4-5-8-23(20)34-2/h4-5,7-10,17H,3,6,11-16,18H2,1-2H3. The summed E-state index contributed by atoms with van der Waals surface area (Å²) in [6.07, 6.45) is 0.793. The molecule has 11 nitrogen and oxygen atoms in total. The Kier molecular flexibility index (Phi) is 8.82. The van der Waals surface area contributed by atoms with E-state index < -0.39 is 10.0 Å². The number of thioether (sulfide) groups is 1. The van der Waals surface area contributed by atoms with Crippen LogP contribution in [0, 0.1) is 0 Å². The van der Waals surface area contributed by atoms with Gasteiger partial charge in [-0.1, -0.05) is 29.1 Å². The number of rotatable bonds is 12. The van der Waals surface area contributed by atoms with Crippen molar-refractivity contribution < 1.29 is 27.2 Å². The van der Waals surface area contributed by atoms with E-state index in [0.29, 0.717) is 74.8 Å². The molecule has 4 aromatic rings. The van der Waals surface area contributed by atoms with Crippen LogP contribution in [0.25, 0.3) is 22.5 Å². The smallest absolute Gasteiger partial charge is 0.261 e. The normalized spacial score (nSPS) is 14.7. The van der Waals surface area contributed by atoms with Crippen LogP contribution >= 0.6 is 11.8 Å². The first-order chi connectivity index (χ1) is 19.0. The number of para-hydroxylation sites is 1. The van der Waals surface area contributed by atoms with Crippen molar-refractivity contribution in [1.29, 1.82) is 0 Å². The summed E-state index contributed by atoms with van der Waals surface area (Å²) in [5, 5.41) is 4.88. The zero-order valence-corrected chi connectivity index (χ0v) is 23.5. The first kappa shape index (κ1) is 27.6. The van der Waals surface area contributed by atoms with E-state index in [4.69, 9.17) is 23.7 Å². The van der Waals surface area contributed by atoms with Crippen LogP contribution in [0.5, 0.6) is 5.75 Å². The molecule has 208 valence electrons. The van der Waals surface area contributed by atoms with Crippen LogP contribution in [0.2, 0.25) is 0 Å². The second-order valence-corrected chi connectivity index (χ2v) is 11.6. The molecular formula is C26H31N5O6S2. The number of hydrogen-bond donors (Lipinski definition) is 0. The van der Waals surface area contributed by atoms with Gasteiger partial charge in [-0.15, -0.1) is 0 Å². The molecule has 1 saturated heterocycles. The lowest BCUT2D eigenvalue weighted by molar-refractivity contribution is 0.0730. The molecule has 2 aromatic heterocycles. The molecular weight excluding hydrogens is 542 g/mol. The van der Waals surface area contributed by atoms with Gasteiger partial charge in [-0.25, -0.2) is 13.4 Å². The monoisotopic (exact) mass is 573 g/mol. The molecule has 0 amide bonds. The van der Waals surface area contributed by atoms with Crippen molar-refractivity contribution in [1.82, 2.24) is 24.0 Å². The van der Waals surface area contributed by atoms with Gasteiger partial charge in [0, 0.05) is 32.8 Å². The molecule has 0 spiro atoms. The maximum atomic E-state index is 13.2. The first-order valence-electron chi connectivity index (χ1n) is 12.8. The molecule has 13 heteroatoms. The van der Waals surface area contributed by atoms with Crippen LogP contribution in [0.4, 0.5) is 0 Å². The fraction of sp³-hybridized carbons (Fsp3) is 0.423. The van der Waals surface area contributed by atoms with E-state index in [-0.39, 0.29) is 4.90 Å². The van der Waals surface area contributed by atoms with E-state index in [9.17, 15) is 8.42 Å². The highest BCUT2D eigenvalue weighted by Crippen LogP contribution is 2.31. The Hall–Kier alpha value is -2.97.